The van der Waals surface area contributed by atoms with Crippen LogP contribution in [0, 0.1) is 5.82 Å². The summed E-state index contributed by atoms with van der Waals surface area (Å²) in [4.78, 5) is 35.4. The lowest BCUT2D eigenvalue weighted by atomic mass is 9.81. The molecule has 3 heterocycles. The number of hydrogen-bond donors (Lipinski definition) is 2. The minimum Gasteiger partial charge on any atom is -0.494 e. The molecule has 0 bridgehead atoms. The van der Waals surface area contributed by atoms with Crippen LogP contribution in [0.5, 0.6) is 11.5 Å². The zero-order valence-electron chi connectivity index (χ0n) is 23.8. The van der Waals surface area contributed by atoms with E-state index in [2.05, 4.69) is 6.07 Å². The fraction of sp³-hybridized carbons (Fsp3) is 0.333. The first-order chi connectivity index (χ1) is 20.0. The molecular weight excluding hydrogens is 537 g/mol. The van der Waals surface area contributed by atoms with Crippen LogP contribution in [0.1, 0.15) is 66.0 Å². The number of amides is 1. The van der Waals surface area contributed by atoms with Crippen molar-refractivity contribution in [2.45, 2.75) is 57.0 Å². The molecule has 2 aromatic carbocycles. The molecule has 2 aliphatic rings. The van der Waals surface area contributed by atoms with Gasteiger partial charge < -0.3 is 20.3 Å². The maximum atomic E-state index is 13.7. The van der Waals surface area contributed by atoms with Gasteiger partial charge in [-0.2, -0.15) is 0 Å². The summed E-state index contributed by atoms with van der Waals surface area (Å²) in [6.07, 6.45) is 3.04. The topological polar surface area (TPSA) is 125 Å². The molecule has 0 radical (unpaired) electrons. The van der Waals surface area contributed by atoms with Gasteiger partial charge >= 0.3 is 0 Å². The maximum Gasteiger partial charge on any atom is 0.231 e. The molecule has 0 saturated carbocycles. The Labute approximate surface area is 242 Å². The maximum absolute atomic E-state index is 13.7. The Morgan fingerprint density at radius 1 is 1.14 bits per heavy atom. The number of halogens is 1. The molecule has 3 N–H and O–H groups in total. The summed E-state index contributed by atoms with van der Waals surface area (Å²) in [5, 5.41) is 12.5. The van der Waals surface area contributed by atoms with Gasteiger partial charge in [0.2, 0.25) is 5.91 Å². The number of ketones is 1. The Hall–Kier alpha value is -4.37. The number of aliphatic hydroxyl groups is 1. The van der Waals surface area contributed by atoms with E-state index in [0.29, 0.717) is 33.9 Å². The van der Waals surface area contributed by atoms with Crippen LogP contribution in [0.25, 0.3) is 22.2 Å². The van der Waals surface area contributed by atoms with Gasteiger partial charge in [-0.1, -0.05) is 0 Å². The van der Waals surface area contributed by atoms with E-state index >= 15 is 0 Å². The standard InChI is InChI=1S/C33H32FN3O5/c1-32(31(35)39)17-42-30-23(32)16-27(37-29(30)18-7-9-22(34)10-8-18)33(2,40)12-11-25(38)20-14-21-13-19-5-4-6-24(19)36-28(21)26(15-20)41-3/h7-10,13-16,40H,4-6,11-12,17H2,1-3H3,(H2,35,39)/t32-,33-/m0/s1. The van der Waals surface area contributed by atoms with Crippen molar-refractivity contribution in [2.24, 2.45) is 5.73 Å². The van der Waals surface area contributed by atoms with Crippen molar-refractivity contribution in [1.29, 1.82) is 0 Å². The average Bonchev–Trinajstić information content (AvgIpc) is 3.58. The summed E-state index contributed by atoms with van der Waals surface area (Å²) in [7, 11) is 1.56. The van der Waals surface area contributed by atoms with Crippen LogP contribution in [0.3, 0.4) is 0 Å². The third-order valence-electron chi connectivity index (χ3n) is 8.58. The summed E-state index contributed by atoms with van der Waals surface area (Å²) >= 11 is 0. The molecule has 216 valence electrons. The van der Waals surface area contributed by atoms with Crippen LogP contribution < -0.4 is 15.2 Å². The molecule has 0 spiro atoms. The first-order valence-electron chi connectivity index (χ1n) is 14.0. The van der Waals surface area contributed by atoms with Crippen molar-refractivity contribution in [3.63, 3.8) is 0 Å². The van der Waals surface area contributed by atoms with Gasteiger partial charge in [0.05, 0.1) is 12.8 Å². The van der Waals surface area contributed by atoms with Gasteiger partial charge in [-0.15, -0.1) is 0 Å². The molecule has 2 atom stereocenters. The number of carbonyl (C=O) groups is 2. The number of ether oxygens (including phenoxy) is 2. The molecule has 4 aromatic rings. The van der Waals surface area contributed by atoms with Crippen molar-refractivity contribution < 1.29 is 28.6 Å². The summed E-state index contributed by atoms with van der Waals surface area (Å²) < 4.78 is 25.2. The van der Waals surface area contributed by atoms with E-state index in [1.807, 2.05) is 6.07 Å². The van der Waals surface area contributed by atoms with Crippen molar-refractivity contribution in [3.05, 3.63) is 82.4 Å². The number of primary amides is 1. The molecule has 2 aromatic heterocycles. The van der Waals surface area contributed by atoms with Crippen LogP contribution in [-0.2, 0) is 28.7 Å². The van der Waals surface area contributed by atoms with E-state index in [-0.39, 0.29) is 30.9 Å². The van der Waals surface area contributed by atoms with E-state index in [1.54, 1.807) is 45.2 Å². The summed E-state index contributed by atoms with van der Waals surface area (Å²) in [5.74, 6) is -0.260. The van der Waals surface area contributed by atoms with E-state index < -0.39 is 22.7 Å². The normalized spacial score (nSPS) is 18.7. The molecule has 1 aliphatic heterocycles. The number of fused-ring (bicyclic) bond motifs is 3. The average molecular weight is 570 g/mol. The molecule has 1 aliphatic carbocycles. The number of nitrogens with two attached hydrogens (primary N) is 1. The predicted octanol–water partition coefficient (Wildman–Crippen LogP) is 4.94. The highest BCUT2D eigenvalue weighted by molar-refractivity contribution is 6.01. The minimum atomic E-state index is -1.55. The fourth-order valence-corrected chi connectivity index (χ4v) is 5.83. The number of nitrogens with zero attached hydrogens (tertiary/aromatic N) is 2. The minimum absolute atomic E-state index is 0.0134. The molecule has 1 amide bonds. The Morgan fingerprint density at radius 3 is 2.62 bits per heavy atom. The molecule has 0 saturated heterocycles. The molecule has 8 nitrogen and oxygen atoms in total. The largest absolute Gasteiger partial charge is 0.494 e. The highest BCUT2D eigenvalue weighted by Gasteiger charge is 2.45. The van der Waals surface area contributed by atoms with Gasteiger partial charge in [-0.25, -0.2) is 14.4 Å². The lowest BCUT2D eigenvalue weighted by Gasteiger charge is -2.26. The molecule has 0 unspecified atom stereocenters. The van der Waals surface area contributed by atoms with Crippen molar-refractivity contribution in [3.8, 4) is 22.8 Å². The Balaban J connectivity index is 1.33. The number of benzene rings is 2. The van der Waals surface area contributed by atoms with Gasteiger partial charge in [0, 0.05) is 34.2 Å². The van der Waals surface area contributed by atoms with Gasteiger partial charge in [-0.05, 0) is 93.6 Å². The summed E-state index contributed by atoms with van der Waals surface area (Å²) in [5.41, 5.74) is 8.20. The summed E-state index contributed by atoms with van der Waals surface area (Å²) in [6, 6.07) is 13.0. The quantitative estimate of drug-likeness (QED) is 0.288. The smallest absolute Gasteiger partial charge is 0.231 e. The van der Waals surface area contributed by atoms with E-state index in [0.717, 1.165) is 35.9 Å². The van der Waals surface area contributed by atoms with E-state index in [4.69, 9.17) is 25.2 Å². The van der Waals surface area contributed by atoms with Crippen LogP contribution in [0.2, 0.25) is 0 Å². The van der Waals surface area contributed by atoms with Gasteiger partial charge in [0.25, 0.3) is 0 Å². The van der Waals surface area contributed by atoms with Crippen LogP contribution >= 0.6 is 0 Å². The highest BCUT2D eigenvalue weighted by Crippen LogP contribution is 2.46. The molecule has 6 rings (SSSR count). The molecular formula is C33H32FN3O5. The molecule has 9 heteroatoms. The van der Waals surface area contributed by atoms with Gasteiger partial charge in [0.15, 0.2) is 5.78 Å². The Kier molecular flexibility index (Phi) is 6.73. The Morgan fingerprint density at radius 2 is 1.90 bits per heavy atom. The van der Waals surface area contributed by atoms with E-state index in [9.17, 15) is 19.1 Å². The number of aryl methyl sites for hydroxylation is 2. The predicted molar refractivity (Wildman–Crippen MR) is 155 cm³/mol. The number of methoxy groups -OCH3 is 1. The number of aromatic nitrogens is 2. The summed E-state index contributed by atoms with van der Waals surface area (Å²) in [6.45, 7) is 3.27. The first-order valence-corrected chi connectivity index (χ1v) is 14.0. The monoisotopic (exact) mass is 569 g/mol. The third kappa shape index (κ3) is 4.67. The second-order valence-corrected chi connectivity index (χ2v) is 11.6. The van der Waals surface area contributed by atoms with Crippen LogP contribution in [0.15, 0.2) is 48.5 Å². The van der Waals surface area contributed by atoms with E-state index in [1.165, 1.54) is 17.7 Å². The van der Waals surface area contributed by atoms with Crippen molar-refractivity contribution >= 4 is 22.6 Å². The SMILES string of the molecule is COc1cc(C(=O)CC[C@](C)(O)c2cc3c(c(-c4ccc(F)cc4)n2)OC[C@]3(C)C(N)=O)cc2cc3c(nc12)CCC3. The van der Waals surface area contributed by atoms with Gasteiger partial charge in [0.1, 0.15) is 46.1 Å². The lowest BCUT2D eigenvalue weighted by molar-refractivity contribution is -0.123. The number of rotatable bonds is 8. The number of carbonyl (C=O) groups excluding carboxylic acids is 2. The van der Waals surface area contributed by atoms with Gasteiger partial charge in [-0.3, -0.25) is 9.59 Å². The lowest BCUT2D eigenvalue weighted by Crippen LogP contribution is -2.40. The third-order valence-corrected chi connectivity index (χ3v) is 8.58. The molecule has 42 heavy (non-hydrogen) atoms. The fourth-order valence-electron chi connectivity index (χ4n) is 5.83. The number of hydrogen-bond acceptors (Lipinski definition) is 7. The highest BCUT2D eigenvalue weighted by atomic mass is 19.1. The second kappa shape index (κ2) is 10.2. The van der Waals surface area contributed by atoms with Crippen LogP contribution in [-0.4, -0.2) is 40.5 Å². The molecule has 0 fully saturated rings. The van der Waals surface area contributed by atoms with Crippen molar-refractivity contribution in [2.75, 3.05) is 13.7 Å². The Bertz CT molecular complexity index is 1750. The zero-order chi connectivity index (χ0) is 29.8. The number of pyridine rings is 2. The van der Waals surface area contributed by atoms with Crippen LogP contribution in [0.4, 0.5) is 4.39 Å². The first kappa shape index (κ1) is 27.8. The van der Waals surface area contributed by atoms with Crippen molar-refractivity contribution in [1.82, 2.24) is 9.97 Å². The second-order valence-electron chi connectivity index (χ2n) is 11.6. The number of Topliss-reactive ketones (excluding diaryl/α,β-unsaturated/α-hetero) is 1. The zero-order valence-corrected chi connectivity index (χ0v) is 23.8.